The summed E-state index contributed by atoms with van der Waals surface area (Å²) in [5.74, 6) is -3.13. The van der Waals surface area contributed by atoms with Crippen molar-refractivity contribution in [2.45, 2.75) is 156 Å². The van der Waals surface area contributed by atoms with Gasteiger partial charge in [-0.1, -0.05) is 63.3 Å². The lowest BCUT2D eigenvalue weighted by Gasteiger charge is -2.69. The van der Waals surface area contributed by atoms with E-state index in [1.807, 2.05) is 67.3 Å². The van der Waals surface area contributed by atoms with Crippen LogP contribution >= 0.6 is 11.3 Å². The number of carbonyl (C=O) groups excluding carboxylic acids is 6. The van der Waals surface area contributed by atoms with E-state index >= 15 is 0 Å². The third kappa shape index (κ3) is 16.8. The second-order valence-corrected chi connectivity index (χ2v) is 30.5. The number of ether oxygens (including phenoxy) is 2. The smallest absolute Gasteiger partial charge is 0.355 e. The Bertz CT molecular complexity index is 4070. The monoisotopic (exact) mass is 1390 g/mol. The Morgan fingerprint density at radius 3 is 2.25 bits per heavy atom. The first-order chi connectivity index (χ1) is 47.6. The fraction of sp³-hybridized carbons (Fsp3) is 0.514. The molecule has 4 fully saturated rings. The van der Waals surface area contributed by atoms with Gasteiger partial charge in [-0.25, -0.2) is 19.6 Å². The molecule has 6 aliphatic rings. The summed E-state index contributed by atoms with van der Waals surface area (Å²) in [5, 5.41) is 50.0. The van der Waals surface area contributed by atoms with Gasteiger partial charge in [0, 0.05) is 83.8 Å². The number of aromatic carboxylic acids is 1. The van der Waals surface area contributed by atoms with Crippen LogP contribution in [0.2, 0.25) is 0 Å². The summed E-state index contributed by atoms with van der Waals surface area (Å²) >= 11 is 1.55. The van der Waals surface area contributed by atoms with Crippen LogP contribution in [-0.2, 0) is 57.8 Å². The van der Waals surface area contributed by atoms with E-state index in [-0.39, 0.29) is 79.8 Å². The molecule has 6 heterocycles. The predicted octanol–water partition coefficient (Wildman–Crippen LogP) is 8.48. The maximum atomic E-state index is 14.1. The molecule has 2 aliphatic heterocycles. The highest BCUT2D eigenvalue weighted by Crippen LogP contribution is 2.72. The molecule has 12 rings (SSSR count). The van der Waals surface area contributed by atoms with Crippen LogP contribution in [0.4, 0.5) is 33.1 Å². The lowest BCUT2D eigenvalue weighted by Crippen LogP contribution is -2.64. The van der Waals surface area contributed by atoms with E-state index < -0.39 is 65.2 Å². The number of anilines is 5. The standard InChI is InChI=1S/C72H91N15O12S/c1-44(2)60(80-56(88)26-32-98-33-29-85-57(89)24-25-58(85)90)65(94)77-53(15-10-27-74-67(73)97)64(93)76-48-20-18-47(19-21-48)36-87(7,30-12-17-59(91)92)31-34-99-72-40-69(5)37-70(6,41-72)39-71(38-69,42-72)43-86-46(4)51(35-75-86)50-22-23-55(79-61(50)66(95)96)84-28-11-13-49-45(3)62(82-83-63(49)84)81-68-78-52-14-8-9-16-54(52)100-68/h8-9,14,16,18-25,35,44,53,60H,10-13,15,17,26-34,36-43H2,1-7H3,(H8-,73,74,76,77,78,80,81,82,88,91,92,93,94,95,96,97)/p+1/t53-,60-,69-,70+,71?,72?,87?/m0/s1. The zero-order valence-corrected chi connectivity index (χ0v) is 58.8. The number of fused-ring (bicyclic) bond motifs is 2. The number of nitrogens with zero attached hydrogens (tertiary/aromatic N) is 9. The van der Waals surface area contributed by atoms with Crippen molar-refractivity contribution in [3.8, 4) is 11.1 Å². The zero-order valence-electron chi connectivity index (χ0n) is 58.0. The van der Waals surface area contributed by atoms with E-state index in [9.17, 15) is 48.6 Å². The number of imide groups is 1. The summed E-state index contributed by atoms with van der Waals surface area (Å²) in [6.07, 6.45) is 12.2. The average molecular weight is 1390 g/mol. The maximum Gasteiger partial charge on any atom is 0.355 e. The van der Waals surface area contributed by atoms with Crippen molar-refractivity contribution >= 4 is 97.3 Å². The quantitative estimate of drug-likeness (QED) is 0.0109. The van der Waals surface area contributed by atoms with Crippen LogP contribution in [0.25, 0.3) is 21.3 Å². The molecule has 6 aromatic rings. The highest BCUT2D eigenvalue weighted by molar-refractivity contribution is 7.22. The number of hydrogen-bond donors (Lipinski definition) is 8. The Morgan fingerprint density at radius 1 is 0.810 bits per heavy atom. The Hall–Kier alpha value is -9.25. The summed E-state index contributed by atoms with van der Waals surface area (Å²) in [6, 6.07) is 16.2. The summed E-state index contributed by atoms with van der Waals surface area (Å²) in [6.45, 7) is 15.9. The Kier molecular flexibility index (Phi) is 21.5. The highest BCUT2D eigenvalue weighted by atomic mass is 32.1. The molecule has 4 aromatic heterocycles. The topological polar surface area (TPSA) is 358 Å². The summed E-state index contributed by atoms with van der Waals surface area (Å²) < 4.78 is 16.4. The van der Waals surface area contributed by atoms with Crippen LogP contribution in [0.3, 0.4) is 0 Å². The molecule has 28 heteroatoms. The number of carboxylic acid groups (broad SMARTS) is 2. The van der Waals surface area contributed by atoms with Crippen LogP contribution in [0.5, 0.6) is 0 Å². The molecule has 100 heavy (non-hydrogen) atoms. The van der Waals surface area contributed by atoms with E-state index in [4.69, 9.17) is 35.4 Å². The molecule has 532 valence electrons. The number of amides is 7. The molecule has 0 spiro atoms. The normalized spacial score (nSPS) is 21.8. The van der Waals surface area contributed by atoms with Crippen LogP contribution in [-0.4, -0.2) is 174 Å². The third-order valence-electron chi connectivity index (χ3n) is 20.4. The number of nitrogens with one attached hydrogen (secondary N) is 5. The fourth-order valence-corrected chi connectivity index (χ4v) is 17.8. The maximum absolute atomic E-state index is 14.1. The van der Waals surface area contributed by atoms with Crippen LogP contribution < -0.4 is 37.2 Å². The lowest BCUT2D eigenvalue weighted by molar-refractivity contribution is -0.923. The van der Waals surface area contributed by atoms with Crippen molar-refractivity contribution in [1.82, 2.24) is 50.8 Å². The van der Waals surface area contributed by atoms with Crippen molar-refractivity contribution in [3.05, 3.63) is 107 Å². The van der Waals surface area contributed by atoms with Crippen molar-refractivity contribution in [2.75, 3.05) is 75.1 Å². The molecule has 4 bridgehead atoms. The molecule has 7 amide bonds. The molecule has 4 saturated carbocycles. The number of thiazole rings is 1. The number of carbonyl (C=O) groups is 8. The van der Waals surface area contributed by atoms with Gasteiger partial charge in [-0.15, -0.1) is 10.2 Å². The van der Waals surface area contributed by atoms with Crippen LogP contribution in [0.15, 0.2) is 79.0 Å². The largest absolute Gasteiger partial charge is 0.481 e. The number of rotatable bonds is 33. The summed E-state index contributed by atoms with van der Waals surface area (Å²) in [7, 11) is 2.12. The number of likely N-dealkylation sites (N-methyl/N-ethyl adjacent to an activating group) is 1. The number of quaternary nitrogens is 1. The lowest BCUT2D eigenvalue weighted by atomic mass is 9.39. The Morgan fingerprint density at radius 2 is 1.55 bits per heavy atom. The van der Waals surface area contributed by atoms with Crippen molar-refractivity contribution in [1.29, 1.82) is 0 Å². The zero-order chi connectivity index (χ0) is 71.3. The molecule has 0 radical (unpaired) electrons. The number of nitrogens with two attached hydrogens (primary N) is 1. The van der Waals surface area contributed by atoms with Gasteiger partial charge in [0.15, 0.2) is 22.5 Å². The van der Waals surface area contributed by atoms with Gasteiger partial charge in [0.05, 0.1) is 68.4 Å². The average Bonchev–Trinajstić information content (AvgIpc) is 0.724. The second kappa shape index (κ2) is 29.9. The number of primary amides is 1. The van der Waals surface area contributed by atoms with E-state index in [0.717, 1.165) is 94.0 Å². The van der Waals surface area contributed by atoms with Gasteiger partial charge in [-0.2, -0.15) is 5.10 Å². The Labute approximate surface area is 585 Å². The van der Waals surface area contributed by atoms with E-state index in [1.165, 1.54) is 12.2 Å². The Balaban J connectivity index is 0.728. The molecule has 2 aromatic carbocycles. The molecular formula is C72H92N15O12S+. The highest BCUT2D eigenvalue weighted by Gasteiger charge is 2.66. The van der Waals surface area contributed by atoms with Gasteiger partial charge in [0.25, 0.3) is 11.8 Å². The fourth-order valence-electron chi connectivity index (χ4n) is 16.9. The molecule has 3 unspecified atom stereocenters. The van der Waals surface area contributed by atoms with Crippen molar-refractivity contribution in [3.63, 3.8) is 0 Å². The van der Waals surface area contributed by atoms with Gasteiger partial charge in [-0.3, -0.25) is 38.3 Å². The van der Waals surface area contributed by atoms with E-state index in [2.05, 4.69) is 57.3 Å². The number of pyridine rings is 1. The first-order valence-corrected chi connectivity index (χ1v) is 35.3. The van der Waals surface area contributed by atoms with E-state index in [0.29, 0.717) is 84.5 Å². The van der Waals surface area contributed by atoms with Crippen molar-refractivity contribution < 1.29 is 62.5 Å². The van der Waals surface area contributed by atoms with Gasteiger partial charge >= 0.3 is 18.0 Å². The third-order valence-corrected chi connectivity index (χ3v) is 21.4. The van der Waals surface area contributed by atoms with Gasteiger partial charge < -0.3 is 61.4 Å². The number of aromatic nitrogens is 6. The van der Waals surface area contributed by atoms with Crippen molar-refractivity contribution in [2.24, 2.45) is 27.9 Å². The summed E-state index contributed by atoms with van der Waals surface area (Å²) in [5.41, 5.74) is 11.0. The summed E-state index contributed by atoms with van der Waals surface area (Å²) in [4.78, 5) is 114. The van der Waals surface area contributed by atoms with E-state index in [1.54, 1.807) is 43.5 Å². The number of para-hydroxylation sites is 1. The first-order valence-electron chi connectivity index (χ1n) is 34.5. The van der Waals surface area contributed by atoms with Gasteiger partial charge in [0.1, 0.15) is 31.0 Å². The number of aliphatic carboxylic acids is 1. The SMILES string of the molecule is Cc1c(Nc2nc3ccccc3s2)nnc2c1CCCN2c1ccc(-c2cnn(CC34CC5(OCC[N+](C)(CCCC(=O)O)Cc6ccc(NC(=O)[C@H](CCCNC(N)=O)NC(=O)[C@@H](NC(=O)CCOCCN7C(=O)C=CC7=O)C(C)C)cc6)C[C@](C)(C3)C[C@](C)(C4)C5)c2C)c(C(=O)O)n1. The molecule has 4 aliphatic carbocycles. The number of urea groups is 1. The molecular weight excluding hydrogens is 1300 g/mol. The minimum absolute atomic E-state index is 0.00630. The minimum atomic E-state index is -1.15. The van der Waals surface area contributed by atoms with Gasteiger partial charge in [0.2, 0.25) is 17.7 Å². The van der Waals surface area contributed by atoms with Crippen LogP contribution in [0.1, 0.15) is 138 Å². The number of benzene rings is 2. The minimum Gasteiger partial charge on any atom is -0.481 e. The number of carboxylic acids is 2. The second-order valence-electron chi connectivity index (χ2n) is 29.4. The predicted molar refractivity (Wildman–Crippen MR) is 376 cm³/mol. The molecule has 27 nitrogen and oxygen atoms in total. The van der Waals surface area contributed by atoms with Crippen LogP contribution in [0, 0.1) is 36.0 Å². The first kappa shape index (κ1) is 72.0. The van der Waals surface area contributed by atoms with Gasteiger partial charge in [-0.05, 0) is 137 Å². The molecule has 9 N–H and O–H groups in total. The number of hydrogen-bond acceptors (Lipinski definition) is 18. The molecule has 7 atom stereocenters. The molecule has 0 saturated heterocycles.